The van der Waals surface area contributed by atoms with Gasteiger partial charge < -0.3 is 9.64 Å². The molecule has 1 aromatic heterocycles. The van der Waals surface area contributed by atoms with E-state index in [9.17, 15) is 9.00 Å². The highest BCUT2D eigenvalue weighted by Gasteiger charge is 2.24. The first kappa shape index (κ1) is 20.3. The summed E-state index contributed by atoms with van der Waals surface area (Å²) in [6.07, 6.45) is 6.06. The average Bonchev–Trinajstić information content (AvgIpc) is 3.22. The average molecular weight is 424 g/mol. The van der Waals surface area contributed by atoms with Gasteiger partial charge >= 0.3 is 0 Å². The van der Waals surface area contributed by atoms with Crippen LogP contribution in [0.4, 0.5) is 0 Å². The quantitative estimate of drug-likeness (QED) is 0.611. The molecule has 156 valence electrons. The number of carbonyl (C=O) groups is 1. The van der Waals surface area contributed by atoms with Crippen molar-refractivity contribution in [2.75, 3.05) is 31.7 Å². The first-order valence-corrected chi connectivity index (χ1v) is 11.7. The van der Waals surface area contributed by atoms with E-state index in [0.717, 1.165) is 28.8 Å². The zero-order valence-corrected chi connectivity index (χ0v) is 18.0. The van der Waals surface area contributed by atoms with Crippen LogP contribution in [0.3, 0.4) is 0 Å². The number of carbonyl (C=O) groups excluding carboxylic acids is 1. The third-order valence-corrected chi connectivity index (χ3v) is 6.08. The summed E-state index contributed by atoms with van der Waals surface area (Å²) in [6.45, 7) is 3.48. The lowest BCUT2D eigenvalue weighted by Crippen LogP contribution is -2.35. The minimum absolute atomic E-state index is 0.0526. The maximum absolute atomic E-state index is 13.1. The van der Waals surface area contributed by atoms with Crippen molar-refractivity contribution in [3.63, 3.8) is 0 Å². The van der Waals surface area contributed by atoms with Crippen LogP contribution in [0, 0.1) is 6.92 Å². The van der Waals surface area contributed by atoms with Gasteiger partial charge in [0.15, 0.2) is 0 Å². The molecule has 0 spiro atoms. The summed E-state index contributed by atoms with van der Waals surface area (Å²) >= 11 is 0. The molecule has 1 aliphatic rings. The Morgan fingerprint density at radius 1 is 1.20 bits per heavy atom. The molecule has 30 heavy (non-hydrogen) atoms. The SMILES string of the molecule is Cc1cc2c(cc1Cc1ccc(-n3cccn3)cc1)C(=O)N(CCS(C)=O)CCO2. The summed E-state index contributed by atoms with van der Waals surface area (Å²) in [5, 5.41) is 4.25. The fourth-order valence-electron chi connectivity index (χ4n) is 3.60. The van der Waals surface area contributed by atoms with E-state index in [4.69, 9.17) is 4.74 Å². The summed E-state index contributed by atoms with van der Waals surface area (Å²) in [6, 6.07) is 14.1. The predicted octanol–water partition coefficient (Wildman–Crippen LogP) is 2.98. The molecule has 6 nitrogen and oxygen atoms in total. The van der Waals surface area contributed by atoms with Crippen LogP contribution in [0.2, 0.25) is 0 Å². The molecular weight excluding hydrogens is 398 g/mol. The smallest absolute Gasteiger partial charge is 0.257 e. The second-order valence-corrected chi connectivity index (χ2v) is 9.04. The van der Waals surface area contributed by atoms with E-state index < -0.39 is 10.8 Å². The van der Waals surface area contributed by atoms with Crippen molar-refractivity contribution in [2.24, 2.45) is 0 Å². The maximum Gasteiger partial charge on any atom is 0.257 e. The summed E-state index contributed by atoms with van der Waals surface area (Å²) in [5.74, 6) is 1.06. The van der Waals surface area contributed by atoms with Crippen LogP contribution < -0.4 is 4.74 Å². The molecule has 1 unspecified atom stereocenters. The molecule has 0 saturated heterocycles. The van der Waals surface area contributed by atoms with E-state index in [1.54, 1.807) is 17.4 Å². The van der Waals surface area contributed by atoms with Gasteiger partial charge in [-0.05, 0) is 60.4 Å². The third-order valence-electron chi connectivity index (χ3n) is 5.32. The summed E-state index contributed by atoms with van der Waals surface area (Å²) in [7, 11) is -0.934. The van der Waals surface area contributed by atoms with E-state index in [1.807, 2.05) is 48.1 Å². The van der Waals surface area contributed by atoms with Crippen molar-refractivity contribution >= 4 is 16.7 Å². The number of benzene rings is 2. The van der Waals surface area contributed by atoms with E-state index >= 15 is 0 Å². The zero-order valence-electron chi connectivity index (χ0n) is 17.2. The van der Waals surface area contributed by atoms with Crippen molar-refractivity contribution in [1.29, 1.82) is 0 Å². The van der Waals surface area contributed by atoms with E-state index in [0.29, 0.717) is 36.8 Å². The minimum Gasteiger partial charge on any atom is -0.491 e. The van der Waals surface area contributed by atoms with Crippen LogP contribution in [0.15, 0.2) is 54.9 Å². The Bertz CT molecular complexity index is 1060. The van der Waals surface area contributed by atoms with Gasteiger partial charge in [-0.3, -0.25) is 9.00 Å². The molecule has 0 aliphatic carbocycles. The Labute approximate surface area is 178 Å². The predicted molar refractivity (Wildman–Crippen MR) is 118 cm³/mol. The van der Waals surface area contributed by atoms with Gasteiger partial charge in [0, 0.05) is 41.7 Å². The maximum atomic E-state index is 13.1. The first-order chi connectivity index (χ1) is 14.5. The molecular formula is C23H25N3O3S. The number of nitrogens with zero attached hydrogens (tertiary/aromatic N) is 3. The standard InChI is InChI=1S/C23H25N3O3S/c1-17-14-22-21(23(27)25(10-12-29-22)11-13-30(2)28)16-19(17)15-18-4-6-20(7-5-18)26-9-3-8-24-26/h3-9,14,16H,10-13,15H2,1-2H3. The van der Waals surface area contributed by atoms with Gasteiger partial charge in [-0.25, -0.2) is 4.68 Å². The Morgan fingerprint density at radius 2 is 2.00 bits per heavy atom. The highest BCUT2D eigenvalue weighted by molar-refractivity contribution is 7.84. The van der Waals surface area contributed by atoms with Crippen molar-refractivity contribution in [3.05, 3.63) is 77.1 Å². The number of ether oxygens (including phenoxy) is 1. The van der Waals surface area contributed by atoms with Crippen LogP contribution in [-0.2, 0) is 17.2 Å². The molecule has 3 aromatic rings. The lowest BCUT2D eigenvalue weighted by Gasteiger charge is -2.19. The van der Waals surface area contributed by atoms with Gasteiger partial charge in [-0.2, -0.15) is 5.10 Å². The fraction of sp³-hybridized carbons (Fsp3) is 0.304. The normalized spacial score (nSPS) is 14.7. The minimum atomic E-state index is -0.934. The Morgan fingerprint density at radius 3 is 2.70 bits per heavy atom. The highest BCUT2D eigenvalue weighted by atomic mass is 32.2. The lowest BCUT2D eigenvalue weighted by molar-refractivity contribution is 0.0766. The number of hydrogen-bond acceptors (Lipinski definition) is 4. The van der Waals surface area contributed by atoms with Crippen LogP contribution >= 0.6 is 0 Å². The largest absolute Gasteiger partial charge is 0.491 e. The molecule has 0 radical (unpaired) electrons. The number of aryl methyl sites for hydroxylation is 1. The second-order valence-electron chi connectivity index (χ2n) is 7.49. The molecule has 0 N–H and O–H groups in total. The molecule has 2 aromatic carbocycles. The second kappa shape index (κ2) is 8.83. The number of hydrogen-bond donors (Lipinski definition) is 0. The van der Waals surface area contributed by atoms with Gasteiger partial charge in [0.1, 0.15) is 12.4 Å². The van der Waals surface area contributed by atoms with Crippen LogP contribution in [0.1, 0.15) is 27.0 Å². The molecule has 1 amide bonds. The zero-order chi connectivity index (χ0) is 21.1. The lowest BCUT2D eigenvalue weighted by atomic mass is 9.97. The molecule has 2 heterocycles. The van der Waals surface area contributed by atoms with Gasteiger partial charge in [0.2, 0.25) is 0 Å². The summed E-state index contributed by atoms with van der Waals surface area (Å²) in [5.41, 5.74) is 4.95. The van der Waals surface area contributed by atoms with Crippen molar-refractivity contribution in [3.8, 4) is 11.4 Å². The number of fused-ring (bicyclic) bond motifs is 1. The van der Waals surface area contributed by atoms with Crippen molar-refractivity contribution in [1.82, 2.24) is 14.7 Å². The number of rotatable bonds is 6. The highest BCUT2D eigenvalue weighted by Crippen LogP contribution is 2.28. The number of amides is 1. The molecule has 0 fully saturated rings. The first-order valence-electron chi connectivity index (χ1n) is 9.96. The molecule has 1 aliphatic heterocycles. The summed E-state index contributed by atoms with van der Waals surface area (Å²) < 4.78 is 19.1. The fourth-order valence-corrected chi connectivity index (χ4v) is 4.08. The van der Waals surface area contributed by atoms with E-state index in [-0.39, 0.29) is 5.91 Å². The molecule has 4 rings (SSSR count). The van der Waals surface area contributed by atoms with E-state index in [2.05, 4.69) is 17.2 Å². The van der Waals surface area contributed by atoms with Crippen LogP contribution in [0.25, 0.3) is 5.69 Å². The molecule has 0 saturated carbocycles. The Balaban J connectivity index is 1.57. The monoisotopic (exact) mass is 423 g/mol. The van der Waals surface area contributed by atoms with E-state index in [1.165, 1.54) is 0 Å². The van der Waals surface area contributed by atoms with Crippen molar-refractivity contribution in [2.45, 2.75) is 13.3 Å². The van der Waals surface area contributed by atoms with Crippen LogP contribution in [0.5, 0.6) is 5.75 Å². The third kappa shape index (κ3) is 4.46. The van der Waals surface area contributed by atoms with Crippen molar-refractivity contribution < 1.29 is 13.7 Å². The summed E-state index contributed by atoms with van der Waals surface area (Å²) in [4.78, 5) is 14.8. The van der Waals surface area contributed by atoms with Gasteiger partial charge in [0.25, 0.3) is 5.91 Å². The molecule has 1 atom stereocenters. The molecule has 7 heteroatoms. The molecule has 0 bridgehead atoms. The van der Waals surface area contributed by atoms with Gasteiger partial charge in [0.05, 0.1) is 17.8 Å². The Hall–Kier alpha value is -2.93. The Kier molecular flexibility index (Phi) is 5.99. The van der Waals surface area contributed by atoms with Gasteiger partial charge in [-0.1, -0.05) is 12.1 Å². The number of aromatic nitrogens is 2. The van der Waals surface area contributed by atoms with Crippen LogP contribution in [-0.4, -0.2) is 56.5 Å². The van der Waals surface area contributed by atoms with Gasteiger partial charge in [-0.15, -0.1) is 0 Å². The topological polar surface area (TPSA) is 64.4 Å².